The van der Waals surface area contributed by atoms with Gasteiger partial charge in [-0.3, -0.25) is 29.8 Å². The maximum Gasteiger partial charge on any atom is 0.325 e. The van der Waals surface area contributed by atoms with E-state index in [9.17, 15) is 29.6 Å². The van der Waals surface area contributed by atoms with E-state index in [0.29, 0.717) is 16.9 Å². The molecule has 204 valence electrons. The zero-order valence-electron chi connectivity index (χ0n) is 21.3. The third kappa shape index (κ3) is 3.59. The predicted octanol–water partition coefficient (Wildman–Crippen LogP) is 4.34. The van der Waals surface area contributed by atoms with Crippen LogP contribution in [0.5, 0.6) is 0 Å². The molecule has 7 rings (SSSR count). The van der Waals surface area contributed by atoms with Crippen LogP contribution in [0.15, 0.2) is 89.5 Å². The number of H-pyrrole nitrogens is 1. The van der Waals surface area contributed by atoms with Gasteiger partial charge in [0.25, 0.3) is 5.69 Å². The number of benzene rings is 3. The standard InChI is InChI=1S/C30H22N4O7/c35-27-24-25(28(36)33(27)18-7-5-8-19(13-18)34(39)40)30(29(37)38,14-17-15-31-21-10-3-2-9-20(17)21)32-26(24)23-12-16-6-1-4-11-22(16)41-23/h1-13,15,24-26,31-32H,14H2,(H,37,38). The van der Waals surface area contributed by atoms with Gasteiger partial charge in [0.1, 0.15) is 16.9 Å². The van der Waals surface area contributed by atoms with Crippen molar-refractivity contribution in [2.75, 3.05) is 4.90 Å². The lowest BCUT2D eigenvalue weighted by molar-refractivity contribution is -0.384. The molecule has 4 unspecified atom stereocenters. The SMILES string of the molecule is O=C1C2C(c3cc4ccccc4o3)NC(Cc3c[nH]c4ccccc34)(C(=O)O)C2C(=O)N1c1cccc([N+](=O)[O-])c1. The highest BCUT2D eigenvalue weighted by Gasteiger charge is 2.69. The highest BCUT2D eigenvalue weighted by Crippen LogP contribution is 2.52. The number of furan rings is 1. The van der Waals surface area contributed by atoms with Gasteiger partial charge < -0.3 is 14.5 Å². The molecular formula is C30H22N4O7. The summed E-state index contributed by atoms with van der Waals surface area (Å²) in [4.78, 5) is 56.3. The summed E-state index contributed by atoms with van der Waals surface area (Å²) in [5.74, 6) is -4.82. The molecule has 0 aliphatic carbocycles. The molecule has 5 aromatic rings. The van der Waals surface area contributed by atoms with Crippen molar-refractivity contribution >= 4 is 51.0 Å². The molecule has 3 N–H and O–H groups in total. The number of rotatable bonds is 6. The van der Waals surface area contributed by atoms with E-state index in [2.05, 4.69) is 10.3 Å². The van der Waals surface area contributed by atoms with Crippen LogP contribution in [0.4, 0.5) is 11.4 Å². The minimum Gasteiger partial charge on any atom is -0.480 e. The monoisotopic (exact) mass is 550 g/mol. The Labute approximate surface area is 231 Å². The zero-order chi connectivity index (χ0) is 28.5. The number of fused-ring (bicyclic) bond motifs is 3. The molecule has 2 aliphatic rings. The first-order valence-corrected chi connectivity index (χ1v) is 13.0. The van der Waals surface area contributed by atoms with Gasteiger partial charge in [-0.25, -0.2) is 4.90 Å². The topological polar surface area (TPSA) is 159 Å². The second-order valence-electron chi connectivity index (χ2n) is 10.4. The maximum absolute atomic E-state index is 14.1. The molecule has 2 aromatic heterocycles. The van der Waals surface area contributed by atoms with Crippen molar-refractivity contribution in [1.29, 1.82) is 0 Å². The Morgan fingerprint density at radius 1 is 1.02 bits per heavy atom. The average Bonchev–Trinajstić information content (AvgIpc) is 3.72. The molecule has 41 heavy (non-hydrogen) atoms. The fraction of sp³-hybridized carbons (Fsp3) is 0.167. The number of carbonyl (C=O) groups is 3. The number of non-ortho nitro benzene ring substituents is 1. The first kappa shape index (κ1) is 24.7. The first-order chi connectivity index (χ1) is 19.8. The van der Waals surface area contributed by atoms with E-state index in [1.165, 1.54) is 18.2 Å². The van der Waals surface area contributed by atoms with Crippen LogP contribution in [0.3, 0.4) is 0 Å². The normalized spacial score (nSPS) is 23.9. The molecule has 2 saturated heterocycles. The number of carboxylic acid groups (broad SMARTS) is 1. The van der Waals surface area contributed by atoms with Crippen molar-refractivity contribution < 1.29 is 28.8 Å². The van der Waals surface area contributed by atoms with Gasteiger partial charge in [0, 0.05) is 41.0 Å². The second-order valence-corrected chi connectivity index (χ2v) is 10.4. The van der Waals surface area contributed by atoms with Crippen LogP contribution >= 0.6 is 0 Å². The number of nitrogens with zero attached hydrogens (tertiary/aromatic N) is 2. The number of nitro groups is 1. The summed E-state index contributed by atoms with van der Waals surface area (Å²) in [7, 11) is 0. The zero-order valence-corrected chi connectivity index (χ0v) is 21.3. The number of aliphatic carboxylic acids is 1. The Hall–Kier alpha value is -5.29. The van der Waals surface area contributed by atoms with Crippen LogP contribution < -0.4 is 10.2 Å². The number of para-hydroxylation sites is 2. The van der Waals surface area contributed by atoms with Crippen molar-refractivity contribution in [2.24, 2.45) is 11.8 Å². The quantitative estimate of drug-likeness (QED) is 0.160. The summed E-state index contributed by atoms with van der Waals surface area (Å²) < 4.78 is 6.08. The Morgan fingerprint density at radius 2 is 1.80 bits per heavy atom. The molecule has 4 atom stereocenters. The summed E-state index contributed by atoms with van der Waals surface area (Å²) in [6, 6.07) is 20.6. The van der Waals surface area contributed by atoms with Crippen molar-refractivity contribution in [3.05, 3.63) is 106 Å². The Balaban J connectivity index is 1.40. The molecule has 4 heterocycles. The minimum absolute atomic E-state index is 0.0124. The number of amides is 2. The predicted molar refractivity (Wildman–Crippen MR) is 147 cm³/mol. The number of hydrogen-bond donors (Lipinski definition) is 3. The minimum atomic E-state index is -1.89. The summed E-state index contributed by atoms with van der Waals surface area (Å²) in [5.41, 5.74) is -0.153. The van der Waals surface area contributed by atoms with Crippen LogP contribution in [0.2, 0.25) is 0 Å². The number of aromatic nitrogens is 1. The number of nitro benzene ring substituents is 1. The van der Waals surface area contributed by atoms with E-state index in [0.717, 1.165) is 27.3 Å². The smallest absolute Gasteiger partial charge is 0.325 e. The maximum atomic E-state index is 14.1. The number of aromatic amines is 1. The van der Waals surface area contributed by atoms with Crippen LogP contribution in [0.25, 0.3) is 21.9 Å². The second kappa shape index (κ2) is 8.86. The van der Waals surface area contributed by atoms with Crippen molar-refractivity contribution in [1.82, 2.24) is 10.3 Å². The van der Waals surface area contributed by atoms with E-state index < -0.39 is 46.1 Å². The summed E-state index contributed by atoms with van der Waals surface area (Å²) in [6.07, 6.45) is 1.60. The first-order valence-electron chi connectivity index (χ1n) is 13.0. The van der Waals surface area contributed by atoms with Gasteiger partial charge in [0.2, 0.25) is 11.8 Å². The summed E-state index contributed by atoms with van der Waals surface area (Å²) in [6.45, 7) is 0. The van der Waals surface area contributed by atoms with E-state index in [-0.39, 0.29) is 17.8 Å². The van der Waals surface area contributed by atoms with Crippen LogP contribution in [0, 0.1) is 22.0 Å². The third-order valence-electron chi connectivity index (χ3n) is 8.23. The molecule has 2 aliphatic heterocycles. The third-order valence-corrected chi connectivity index (χ3v) is 8.23. The molecule has 3 aromatic carbocycles. The lowest BCUT2D eigenvalue weighted by Gasteiger charge is -2.31. The van der Waals surface area contributed by atoms with E-state index in [1.807, 2.05) is 36.4 Å². The Morgan fingerprint density at radius 3 is 2.59 bits per heavy atom. The number of nitrogens with one attached hydrogen (secondary N) is 2. The molecule has 0 saturated carbocycles. The fourth-order valence-corrected chi connectivity index (χ4v) is 6.42. The van der Waals surface area contributed by atoms with Crippen molar-refractivity contribution in [3.8, 4) is 0 Å². The largest absolute Gasteiger partial charge is 0.480 e. The number of carboxylic acids is 1. The molecular weight excluding hydrogens is 528 g/mol. The van der Waals surface area contributed by atoms with Gasteiger partial charge in [0.05, 0.1) is 28.5 Å². The van der Waals surface area contributed by atoms with Crippen molar-refractivity contribution in [3.63, 3.8) is 0 Å². The number of carbonyl (C=O) groups excluding carboxylic acids is 2. The molecule has 11 heteroatoms. The van der Waals surface area contributed by atoms with Gasteiger partial charge in [-0.05, 0) is 29.8 Å². The van der Waals surface area contributed by atoms with Crippen LogP contribution in [0.1, 0.15) is 17.4 Å². The highest BCUT2D eigenvalue weighted by atomic mass is 16.6. The number of hydrogen-bond acceptors (Lipinski definition) is 7. The van der Waals surface area contributed by atoms with Crippen LogP contribution in [-0.2, 0) is 20.8 Å². The van der Waals surface area contributed by atoms with E-state index in [1.54, 1.807) is 24.4 Å². The molecule has 11 nitrogen and oxygen atoms in total. The van der Waals surface area contributed by atoms with E-state index in [4.69, 9.17) is 4.42 Å². The van der Waals surface area contributed by atoms with Gasteiger partial charge in [0.15, 0.2) is 0 Å². The molecule has 0 bridgehead atoms. The summed E-state index contributed by atoms with van der Waals surface area (Å²) >= 11 is 0. The Kier molecular flexibility index (Phi) is 5.35. The molecule has 0 radical (unpaired) electrons. The average molecular weight is 551 g/mol. The lowest BCUT2D eigenvalue weighted by Crippen LogP contribution is -2.57. The summed E-state index contributed by atoms with van der Waals surface area (Å²) in [5, 5.41) is 27.0. The molecule has 2 fully saturated rings. The number of anilines is 1. The van der Waals surface area contributed by atoms with Crippen molar-refractivity contribution in [2.45, 2.75) is 18.0 Å². The number of imide groups is 1. The molecule has 0 spiro atoms. The van der Waals surface area contributed by atoms with Gasteiger partial charge in [-0.2, -0.15) is 0 Å². The lowest BCUT2D eigenvalue weighted by atomic mass is 9.76. The Bertz CT molecular complexity index is 1880. The molecule has 2 amide bonds. The van der Waals surface area contributed by atoms with Gasteiger partial charge >= 0.3 is 5.97 Å². The van der Waals surface area contributed by atoms with E-state index >= 15 is 0 Å². The fourth-order valence-electron chi connectivity index (χ4n) is 6.42. The highest BCUT2D eigenvalue weighted by molar-refractivity contribution is 6.24. The van der Waals surface area contributed by atoms with Crippen LogP contribution in [-0.4, -0.2) is 38.3 Å². The van der Waals surface area contributed by atoms with Gasteiger partial charge in [-0.15, -0.1) is 0 Å². The van der Waals surface area contributed by atoms with Gasteiger partial charge in [-0.1, -0.05) is 42.5 Å².